The Morgan fingerprint density at radius 3 is 2.78 bits per heavy atom. The third-order valence-electron chi connectivity index (χ3n) is 3.73. The second-order valence-electron chi connectivity index (χ2n) is 5.40. The zero-order valence-electron chi connectivity index (χ0n) is 12.5. The van der Waals surface area contributed by atoms with E-state index in [4.69, 9.17) is 16.3 Å². The Morgan fingerprint density at radius 1 is 1.43 bits per heavy atom. The molecule has 3 rings (SSSR count). The Balaban J connectivity index is 2.04. The zero-order valence-corrected chi connectivity index (χ0v) is 14.9. The van der Waals surface area contributed by atoms with Crippen LogP contribution < -0.4 is 9.64 Å². The molecule has 1 aromatic rings. The van der Waals surface area contributed by atoms with Crippen molar-refractivity contribution >= 4 is 50.0 Å². The van der Waals surface area contributed by atoms with Gasteiger partial charge in [-0.2, -0.15) is 4.99 Å². The first-order valence-corrected chi connectivity index (χ1v) is 9.98. The first kappa shape index (κ1) is 16.6. The number of carbonyl (C=O) groups is 1. The predicted octanol–water partition coefficient (Wildman–Crippen LogP) is 1.97. The van der Waals surface area contributed by atoms with Crippen LogP contribution in [0.2, 0.25) is 5.02 Å². The molecule has 2 aliphatic heterocycles. The number of hydrogen-bond donors (Lipinski definition) is 0. The topological polar surface area (TPSA) is 76.0 Å². The van der Waals surface area contributed by atoms with Crippen molar-refractivity contribution in [3.05, 3.63) is 23.2 Å². The van der Waals surface area contributed by atoms with Gasteiger partial charge in [-0.3, -0.25) is 4.79 Å². The number of hydrogen-bond acceptors (Lipinski definition) is 5. The summed E-state index contributed by atoms with van der Waals surface area (Å²) < 4.78 is 29.0. The Hall–Kier alpha value is -1.25. The van der Waals surface area contributed by atoms with Crippen LogP contribution >= 0.6 is 23.4 Å². The van der Waals surface area contributed by atoms with Crippen LogP contribution in [0.4, 0.5) is 5.69 Å². The molecule has 2 atom stereocenters. The van der Waals surface area contributed by atoms with Crippen LogP contribution in [0.3, 0.4) is 0 Å². The van der Waals surface area contributed by atoms with Crippen LogP contribution in [0.1, 0.15) is 6.92 Å². The fourth-order valence-corrected chi connectivity index (χ4v) is 7.02. The van der Waals surface area contributed by atoms with Gasteiger partial charge in [-0.15, -0.1) is 0 Å². The minimum atomic E-state index is -3.08. The summed E-state index contributed by atoms with van der Waals surface area (Å²) >= 11 is 7.51. The van der Waals surface area contributed by atoms with E-state index in [-0.39, 0.29) is 28.7 Å². The van der Waals surface area contributed by atoms with Gasteiger partial charge in [-0.05, 0) is 18.2 Å². The quantitative estimate of drug-likeness (QED) is 0.787. The van der Waals surface area contributed by atoms with E-state index < -0.39 is 9.84 Å². The lowest BCUT2D eigenvalue weighted by molar-refractivity contribution is -0.115. The van der Waals surface area contributed by atoms with Crippen molar-refractivity contribution < 1.29 is 17.9 Å². The van der Waals surface area contributed by atoms with Crippen LogP contribution in [-0.4, -0.2) is 49.4 Å². The van der Waals surface area contributed by atoms with Crippen molar-refractivity contribution in [3.8, 4) is 5.75 Å². The van der Waals surface area contributed by atoms with E-state index in [1.54, 1.807) is 23.1 Å². The van der Waals surface area contributed by atoms with Crippen molar-refractivity contribution in [2.45, 2.75) is 18.2 Å². The summed E-state index contributed by atoms with van der Waals surface area (Å²) in [4.78, 5) is 17.2. The van der Waals surface area contributed by atoms with Gasteiger partial charge in [-0.1, -0.05) is 23.4 Å². The van der Waals surface area contributed by atoms with Gasteiger partial charge in [0, 0.05) is 17.9 Å². The number of rotatable bonds is 2. The standard InChI is InChI=1S/C14H15ClN2O4S2/c1-8(18)16-14-17(9-3-4-12(21-2)10(15)5-9)11-6-23(19,20)7-13(11)22-14/h3-5,11,13H,6-7H2,1-2H3/t11-,13-/m0/s1. The van der Waals surface area contributed by atoms with Crippen molar-refractivity contribution in [1.29, 1.82) is 0 Å². The molecule has 23 heavy (non-hydrogen) atoms. The SMILES string of the molecule is COc1ccc(N2C(=NC(C)=O)S[C@H]3CS(=O)(=O)C[C@@H]32)cc1Cl. The van der Waals surface area contributed by atoms with E-state index in [0.29, 0.717) is 21.6 Å². The van der Waals surface area contributed by atoms with Crippen molar-refractivity contribution in [3.63, 3.8) is 0 Å². The number of halogens is 1. The second-order valence-corrected chi connectivity index (χ2v) is 9.17. The molecular weight excluding hydrogens is 360 g/mol. The van der Waals surface area contributed by atoms with Gasteiger partial charge in [0.05, 0.1) is 29.7 Å². The van der Waals surface area contributed by atoms with Crippen LogP contribution in [0.15, 0.2) is 23.2 Å². The maximum Gasteiger partial charge on any atom is 0.244 e. The molecule has 0 aromatic heterocycles. The Labute approximate surface area is 143 Å². The number of anilines is 1. The summed E-state index contributed by atoms with van der Waals surface area (Å²) in [7, 11) is -1.56. The zero-order chi connectivity index (χ0) is 16.8. The Bertz CT molecular complexity index is 794. The normalized spacial score (nSPS) is 27.3. The van der Waals surface area contributed by atoms with E-state index in [1.807, 2.05) is 0 Å². The Morgan fingerprint density at radius 2 is 2.17 bits per heavy atom. The highest BCUT2D eigenvalue weighted by Crippen LogP contribution is 2.42. The van der Waals surface area contributed by atoms with Gasteiger partial charge < -0.3 is 9.64 Å². The molecule has 9 heteroatoms. The molecule has 2 aliphatic rings. The Kier molecular flexibility index (Phi) is 4.33. The first-order chi connectivity index (χ1) is 10.8. The molecule has 0 N–H and O–H groups in total. The van der Waals surface area contributed by atoms with Gasteiger partial charge in [0.25, 0.3) is 0 Å². The van der Waals surface area contributed by atoms with E-state index in [2.05, 4.69) is 4.99 Å². The summed E-state index contributed by atoms with van der Waals surface area (Å²) in [6.07, 6.45) is 0. The lowest BCUT2D eigenvalue weighted by Crippen LogP contribution is -2.37. The maximum absolute atomic E-state index is 11.9. The number of fused-ring (bicyclic) bond motifs is 1. The van der Waals surface area contributed by atoms with Crippen LogP contribution in [0.5, 0.6) is 5.75 Å². The summed E-state index contributed by atoms with van der Waals surface area (Å²) in [6, 6.07) is 4.95. The van der Waals surface area contributed by atoms with Crippen LogP contribution in [0.25, 0.3) is 0 Å². The molecule has 0 radical (unpaired) electrons. The molecule has 0 saturated carbocycles. The lowest BCUT2D eigenvalue weighted by atomic mass is 10.2. The molecule has 0 bridgehead atoms. The largest absolute Gasteiger partial charge is 0.495 e. The highest BCUT2D eigenvalue weighted by molar-refractivity contribution is 8.16. The van der Waals surface area contributed by atoms with Crippen LogP contribution in [-0.2, 0) is 14.6 Å². The molecule has 124 valence electrons. The highest BCUT2D eigenvalue weighted by atomic mass is 35.5. The molecule has 2 fully saturated rings. The van der Waals surface area contributed by atoms with Crippen LogP contribution in [0, 0.1) is 0 Å². The highest BCUT2D eigenvalue weighted by Gasteiger charge is 2.49. The summed E-state index contributed by atoms with van der Waals surface area (Å²) in [5.41, 5.74) is 0.702. The van der Waals surface area contributed by atoms with Crippen molar-refractivity contribution in [1.82, 2.24) is 0 Å². The number of sulfone groups is 1. The predicted molar refractivity (Wildman–Crippen MR) is 92.4 cm³/mol. The molecule has 0 aliphatic carbocycles. The van der Waals surface area contributed by atoms with Gasteiger partial charge >= 0.3 is 0 Å². The van der Waals surface area contributed by atoms with Gasteiger partial charge in [0.1, 0.15) is 5.75 Å². The number of nitrogens with zero attached hydrogens (tertiary/aromatic N) is 2. The molecule has 1 aromatic carbocycles. The molecule has 1 amide bonds. The summed E-state index contributed by atoms with van der Waals surface area (Å²) in [5, 5.41) is 0.809. The molecule has 2 heterocycles. The third-order valence-corrected chi connectivity index (χ3v) is 7.24. The van der Waals surface area contributed by atoms with Gasteiger partial charge in [-0.25, -0.2) is 8.42 Å². The molecule has 0 spiro atoms. The van der Waals surface area contributed by atoms with E-state index in [0.717, 1.165) is 0 Å². The minimum Gasteiger partial charge on any atom is -0.495 e. The number of amides is 1. The first-order valence-electron chi connectivity index (χ1n) is 6.90. The average molecular weight is 375 g/mol. The van der Waals surface area contributed by atoms with Crippen molar-refractivity contribution in [2.75, 3.05) is 23.5 Å². The number of methoxy groups -OCH3 is 1. The molecule has 6 nitrogen and oxygen atoms in total. The summed E-state index contributed by atoms with van der Waals surface area (Å²) in [5.74, 6) is 0.355. The maximum atomic E-state index is 11.9. The number of thioether (sulfide) groups is 1. The van der Waals surface area contributed by atoms with Crippen molar-refractivity contribution in [2.24, 2.45) is 4.99 Å². The fourth-order valence-electron chi connectivity index (χ4n) is 2.81. The van der Waals surface area contributed by atoms with E-state index in [1.165, 1.54) is 25.8 Å². The molecule has 2 saturated heterocycles. The second kappa shape index (κ2) is 5.99. The number of aliphatic imine (C=N–C) groups is 1. The number of benzene rings is 1. The fraction of sp³-hybridized carbons (Fsp3) is 0.429. The smallest absolute Gasteiger partial charge is 0.244 e. The lowest BCUT2D eigenvalue weighted by Gasteiger charge is -2.24. The molecular formula is C14H15ClN2O4S2. The van der Waals surface area contributed by atoms with Gasteiger partial charge in [0.15, 0.2) is 15.0 Å². The average Bonchev–Trinajstić information content (AvgIpc) is 2.88. The number of amidine groups is 1. The number of carbonyl (C=O) groups excluding carboxylic acids is 1. The third kappa shape index (κ3) is 3.20. The van der Waals surface area contributed by atoms with E-state index >= 15 is 0 Å². The monoisotopic (exact) mass is 374 g/mol. The van der Waals surface area contributed by atoms with E-state index in [9.17, 15) is 13.2 Å². The molecule has 0 unspecified atom stereocenters. The number of ether oxygens (including phenoxy) is 1. The summed E-state index contributed by atoms with van der Waals surface area (Å²) in [6.45, 7) is 1.37. The minimum absolute atomic E-state index is 0.0469. The van der Waals surface area contributed by atoms with Gasteiger partial charge in [0.2, 0.25) is 5.91 Å².